The van der Waals surface area contributed by atoms with Crippen molar-refractivity contribution in [3.05, 3.63) is 59.9 Å². The molecule has 0 aliphatic carbocycles. The number of benzene rings is 2. The maximum atomic E-state index is 12.8. The van der Waals surface area contributed by atoms with E-state index in [4.69, 9.17) is 4.74 Å². The lowest BCUT2D eigenvalue weighted by Gasteiger charge is -2.13. The molecule has 2 aromatic rings. The summed E-state index contributed by atoms with van der Waals surface area (Å²) in [5.74, 6) is -0.278. The highest BCUT2D eigenvalue weighted by molar-refractivity contribution is 5.91. The van der Waals surface area contributed by atoms with Gasteiger partial charge in [0.2, 0.25) is 0 Å². The molecule has 1 saturated heterocycles. The fourth-order valence-electron chi connectivity index (χ4n) is 2.50. The third-order valence-electron chi connectivity index (χ3n) is 3.81. The van der Waals surface area contributed by atoms with Crippen LogP contribution in [0.3, 0.4) is 0 Å². The summed E-state index contributed by atoms with van der Waals surface area (Å²) >= 11 is 0. The predicted molar refractivity (Wildman–Crippen MR) is 92.3 cm³/mol. The van der Waals surface area contributed by atoms with Crippen LogP contribution in [-0.4, -0.2) is 31.8 Å². The second kappa shape index (κ2) is 7.65. The molecule has 2 N–H and O–H groups in total. The minimum absolute atomic E-state index is 0.278. The van der Waals surface area contributed by atoms with Crippen molar-refractivity contribution in [2.75, 3.05) is 29.9 Å². The van der Waals surface area contributed by atoms with Crippen LogP contribution in [0.1, 0.15) is 5.56 Å². The summed E-state index contributed by atoms with van der Waals surface area (Å²) in [5.41, 5.74) is 2.30. The molecule has 3 amide bonds. The first kappa shape index (κ1) is 16.8. The molecular formula is C18H18FN3O3. The summed E-state index contributed by atoms with van der Waals surface area (Å²) in [6, 6.07) is 12.8. The van der Waals surface area contributed by atoms with E-state index < -0.39 is 0 Å². The topological polar surface area (TPSA) is 70.7 Å². The van der Waals surface area contributed by atoms with E-state index in [-0.39, 0.29) is 17.9 Å². The van der Waals surface area contributed by atoms with Crippen LogP contribution in [0.25, 0.3) is 0 Å². The minimum Gasteiger partial charge on any atom is -0.447 e. The van der Waals surface area contributed by atoms with Crippen LogP contribution in [0.2, 0.25) is 0 Å². The zero-order valence-electron chi connectivity index (χ0n) is 13.5. The van der Waals surface area contributed by atoms with E-state index in [0.29, 0.717) is 31.8 Å². The number of amides is 3. The molecule has 130 valence electrons. The minimum atomic E-state index is -0.362. The lowest BCUT2D eigenvalue weighted by Crippen LogP contribution is -2.30. The largest absolute Gasteiger partial charge is 0.447 e. The van der Waals surface area contributed by atoms with Crippen LogP contribution in [0.4, 0.5) is 25.4 Å². The third kappa shape index (κ3) is 4.47. The molecule has 0 radical (unpaired) electrons. The number of nitrogens with one attached hydrogen (secondary N) is 2. The number of anilines is 2. The molecule has 7 heteroatoms. The van der Waals surface area contributed by atoms with E-state index in [0.717, 1.165) is 11.3 Å². The fraction of sp³-hybridized carbons (Fsp3) is 0.222. The Hall–Kier alpha value is -3.09. The second-order valence-electron chi connectivity index (χ2n) is 5.57. The lowest BCUT2D eigenvalue weighted by atomic mass is 10.1. The van der Waals surface area contributed by atoms with Gasteiger partial charge in [0, 0.05) is 17.9 Å². The predicted octanol–water partition coefficient (Wildman–Crippen LogP) is 3.15. The number of nitrogens with zero attached hydrogens (tertiary/aromatic N) is 1. The molecular weight excluding hydrogens is 325 g/mol. The van der Waals surface area contributed by atoms with Gasteiger partial charge < -0.3 is 15.4 Å². The van der Waals surface area contributed by atoms with Crippen LogP contribution in [0, 0.1) is 5.82 Å². The molecule has 0 unspecified atom stereocenters. The summed E-state index contributed by atoms with van der Waals surface area (Å²) in [4.78, 5) is 24.9. The first-order valence-electron chi connectivity index (χ1n) is 7.95. The maximum absolute atomic E-state index is 12.8. The molecule has 1 aliphatic rings. The smallest absolute Gasteiger partial charge is 0.414 e. The summed E-state index contributed by atoms with van der Waals surface area (Å²) in [6.45, 7) is 1.35. The number of hydrogen-bond donors (Lipinski definition) is 2. The molecule has 1 aliphatic heterocycles. The number of ether oxygens (including phenoxy) is 1. The summed E-state index contributed by atoms with van der Waals surface area (Å²) in [7, 11) is 0. The Kier molecular flexibility index (Phi) is 5.13. The molecule has 6 nitrogen and oxygen atoms in total. The van der Waals surface area contributed by atoms with Gasteiger partial charge in [-0.25, -0.2) is 14.0 Å². The van der Waals surface area contributed by atoms with Crippen LogP contribution in [-0.2, 0) is 11.2 Å². The van der Waals surface area contributed by atoms with Crippen molar-refractivity contribution < 1.29 is 18.7 Å². The zero-order chi connectivity index (χ0) is 17.6. The van der Waals surface area contributed by atoms with Crippen LogP contribution in [0.5, 0.6) is 0 Å². The highest BCUT2D eigenvalue weighted by Crippen LogP contribution is 2.20. The zero-order valence-corrected chi connectivity index (χ0v) is 13.5. The first-order chi connectivity index (χ1) is 12.1. The Bertz CT molecular complexity index is 747. The maximum Gasteiger partial charge on any atom is 0.414 e. The van der Waals surface area contributed by atoms with E-state index in [1.807, 2.05) is 0 Å². The van der Waals surface area contributed by atoms with Gasteiger partial charge in [0.15, 0.2) is 0 Å². The molecule has 2 aromatic carbocycles. The summed E-state index contributed by atoms with van der Waals surface area (Å²) in [5, 5.41) is 5.46. The fourth-order valence-corrected chi connectivity index (χ4v) is 2.50. The van der Waals surface area contributed by atoms with Crippen molar-refractivity contribution in [3.63, 3.8) is 0 Å². The Morgan fingerprint density at radius 2 is 1.84 bits per heavy atom. The number of rotatable bonds is 5. The van der Waals surface area contributed by atoms with Crippen molar-refractivity contribution in [2.24, 2.45) is 0 Å². The molecule has 1 heterocycles. The molecule has 0 atom stereocenters. The first-order valence-corrected chi connectivity index (χ1v) is 7.95. The van der Waals surface area contributed by atoms with Gasteiger partial charge in [-0.15, -0.1) is 0 Å². The number of halogens is 1. The Balaban J connectivity index is 1.46. The summed E-state index contributed by atoms with van der Waals surface area (Å²) in [6.07, 6.45) is 0.253. The van der Waals surface area contributed by atoms with Gasteiger partial charge in [0.05, 0.1) is 6.54 Å². The van der Waals surface area contributed by atoms with Gasteiger partial charge in [0.1, 0.15) is 12.4 Å². The van der Waals surface area contributed by atoms with Gasteiger partial charge in [-0.05, 0) is 48.4 Å². The number of carbonyl (C=O) groups is 2. The standard InChI is InChI=1S/C18H18FN3O3/c19-14-3-1-13(2-4-14)9-10-20-17(23)21-15-5-7-16(8-6-15)22-11-12-25-18(22)24/h1-8H,9-12H2,(H2,20,21,23). The number of cyclic esters (lactones) is 1. The monoisotopic (exact) mass is 343 g/mol. The highest BCUT2D eigenvalue weighted by atomic mass is 19.1. The van der Waals surface area contributed by atoms with E-state index in [1.54, 1.807) is 36.4 Å². The molecule has 25 heavy (non-hydrogen) atoms. The molecule has 0 aromatic heterocycles. The van der Waals surface area contributed by atoms with E-state index >= 15 is 0 Å². The van der Waals surface area contributed by atoms with Crippen molar-refractivity contribution in [1.82, 2.24) is 5.32 Å². The average Bonchev–Trinajstić information content (AvgIpc) is 3.03. The van der Waals surface area contributed by atoms with Crippen LogP contribution >= 0.6 is 0 Å². The normalized spacial score (nSPS) is 13.5. The van der Waals surface area contributed by atoms with Crippen molar-refractivity contribution in [3.8, 4) is 0 Å². The molecule has 1 fully saturated rings. The van der Waals surface area contributed by atoms with E-state index in [9.17, 15) is 14.0 Å². The molecule has 0 saturated carbocycles. The van der Waals surface area contributed by atoms with Crippen molar-refractivity contribution in [1.29, 1.82) is 0 Å². The number of hydrogen-bond acceptors (Lipinski definition) is 3. The molecule has 0 bridgehead atoms. The highest BCUT2D eigenvalue weighted by Gasteiger charge is 2.23. The van der Waals surface area contributed by atoms with E-state index in [2.05, 4.69) is 10.6 Å². The number of urea groups is 1. The summed E-state index contributed by atoms with van der Waals surface area (Å²) < 4.78 is 17.7. The van der Waals surface area contributed by atoms with Crippen molar-refractivity contribution in [2.45, 2.75) is 6.42 Å². The lowest BCUT2D eigenvalue weighted by molar-refractivity contribution is 0.181. The molecule has 3 rings (SSSR count). The van der Waals surface area contributed by atoms with Gasteiger partial charge in [0.25, 0.3) is 0 Å². The Labute approximate surface area is 144 Å². The van der Waals surface area contributed by atoms with Gasteiger partial charge in [-0.2, -0.15) is 0 Å². The Morgan fingerprint density at radius 3 is 2.48 bits per heavy atom. The van der Waals surface area contributed by atoms with Crippen LogP contribution < -0.4 is 15.5 Å². The van der Waals surface area contributed by atoms with Gasteiger partial charge in [-0.1, -0.05) is 12.1 Å². The Morgan fingerprint density at radius 1 is 1.12 bits per heavy atom. The number of carbonyl (C=O) groups excluding carboxylic acids is 2. The van der Waals surface area contributed by atoms with Gasteiger partial charge >= 0.3 is 12.1 Å². The quantitative estimate of drug-likeness (QED) is 0.876. The average molecular weight is 343 g/mol. The van der Waals surface area contributed by atoms with E-state index in [1.165, 1.54) is 17.0 Å². The third-order valence-corrected chi connectivity index (χ3v) is 3.81. The van der Waals surface area contributed by atoms with Crippen molar-refractivity contribution >= 4 is 23.5 Å². The van der Waals surface area contributed by atoms with Gasteiger partial charge in [-0.3, -0.25) is 4.90 Å². The van der Waals surface area contributed by atoms with Crippen LogP contribution in [0.15, 0.2) is 48.5 Å². The second-order valence-corrected chi connectivity index (χ2v) is 5.57. The molecule has 0 spiro atoms. The SMILES string of the molecule is O=C(NCCc1ccc(F)cc1)Nc1ccc(N2CCOC2=O)cc1.